The van der Waals surface area contributed by atoms with Crippen LogP contribution in [0.4, 0.5) is 0 Å². The van der Waals surface area contributed by atoms with E-state index in [1.54, 1.807) is 0 Å². The van der Waals surface area contributed by atoms with Crippen LogP contribution in [0.5, 0.6) is 0 Å². The Morgan fingerprint density at radius 3 is 2.73 bits per heavy atom. The summed E-state index contributed by atoms with van der Waals surface area (Å²) in [5.74, 6) is 0.336. The quantitative estimate of drug-likeness (QED) is 0.601. The van der Waals surface area contributed by atoms with Crippen LogP contribution < -0.4 is 0 Å². The van der Waals surface area contributed by atoms with Crippen LogP contribution >= 0.6 is 11.6 Å². The zero-order valence-corrected chi connectivity index (χ0v) is 7.60. The molecule has 0 saturated carbocycles. The Morgan fingerprint density at radius 2 is 2.18 bits per heavy atom. The molecule has 0 spiro atoms. The summed E-state index contributed by atoms with van der Waals surface area (Å²) in [6.45, 7) is 4.15. The van der Waals surface area contributed by atoms with Crippen LogP contribution in [0.2, 0.25) is 0 Å². The Bertz CT molecular complexity index is 206. The van der Waals surface area contributed by atoms with Crippen molar-refractivity contribution in [1.29, 1.82) is 0 Å². The van der Waals surface area contributed by atoms with E-state index < -0.39 is 0 Å². The van der Waals surface area contributed by atoms with Crippen molar-refractivity contribution in [2.75, 3.05) is 6.61 Å². The highest BCUT2D eigenvalue weighted by molar-refractivity contribution is 6.22. The van der Waals surface area contributed by atoms with Gasteiger partial charge in [-0.15, -0.1) is 11.6 Å². The average molecular weight is 173 g/mol. The van der Waals surface area contributed by atoms with Gasteiger partial charge in [-0.05, 0) is 24.0 Å². The number of hydrogen-bond acceptors (Lipinski definition) is 1. The van der Waals surface area contributed by atoms with Crippen LogP contribution in [0.25, 0.3) is 0 Å². The molecule has 0 aromatic carbocycles. The monoisotopic (exact) mass is 172 g/mol. The lowest BCUT2D eigenvalue weighted by molar-refractivity contribution is 0.331. The lowest BCUT2D eigenvalue weighted by Gasteiger charge is -2.19. The van der Waals surface area contributed by atoms with Gasteiger partial charge < -0.3 is 5.11 Å². The predicted octanol–water partition coefficient (Wildman–Crippen LogP) is 2.11. The Balaban J connectivity index is 2.82. The molecule has 0 fully saturated rings. The molecule has 11 heavy (non-hydrogen) atoms. The molecule has 0 amide bonds. The van der Waals surface area contributed by atoms with E-state index >= 15 is 0 Å². The molecule has 1 aliphatic rings. The second kappa shape index (κ2) is 3.42. The Labute approximate surface area is 72.4 Å². The molecular formula is C9H13ClO. The smallest absolute Gasteiger partial charge is 0.0681 e. The van der Waals surface area contributed by atoms with E-state index in [-0.39, 0.29) is 12.0 Å². The second-order valence-corrected chi connectivity index (χ2v) is 3.51. The zero-order valence-electron chi connectivity index (χ0n) is 6.84. The van der Waals surface area contributed by atoms with Crippen molar-refractivity contribution < 1.29 is 5.11 Å². The number of rotatable bonds is 1. The van der Waals surface area contributed by atoms with Gasteiger partial charge in [-0.1, -0.05) is 19.1 Å². The molecule has 1 aliphatic carbocycles. The summed E-state index contributed by atoms with van der Waals surface area (Å²) in [6, 6.07) is 0. The third-order valence-electron chi connectivity index (χ3n) is 2.05. The van der Waals surface area contributed by atoms with E-state index in [1.165, 1.54) is 0 Å². The van der Waals surface area contributed by atoms with Crippen molar-refractivity contribution >= 4 is 11.6 Å². The van der Waals surface area contributed by atoms with Crippen LogP contribution in [0.1, 0.15) is 13.8 Å². The zero-order chi connectivity index (χ0) is 8.43. The van der Waals surface area contributed by atoms with Gasteiger partial charge in [0.2, 0.25) is 0 Å². The number of aliphatic hydroxyl groups excluding tert-OH is 1. The first kappa shape index (κ1) is 8.82. The molecule has 1 N–H and O–H groups in total. The highest BCUT2D eigenvalue weighted by atomic mass is 35.5. The molecule has 0 aromatic heterocycles. The molecule has 0 aromatic rings. The fraction of sp³-hybridized carbons (Fsp3) is 0.556. The van der Waals surface area contributed by atoms with Crippen LogP contribution in [0.3, 0.4) is 0 Å². The SMILES string of the molecule is CC1=CC(Cl)C(C)C=C1CO. The molecule has 1 nitrogen and oxygen atoms in total. The van der Waals surface area contributed by atoms with Crippen molar-refractivity contribution in [3.05, 3.63) is 23.3 Å². The third kappa shape index (κ3) is 1.85. The molecule has 0 saturated heterocycles. The molecule has 1 rings (SSSR count). The van der Waals surface area contributed by atoms with Crippen molar-refractivity contribution in [3.8, 4) is 0 Å². The predicted molar refractivity (Wildman–Crippen MR) is 47.7 cm³/mol. The van der Waals surface area contributed by atoms with Gasteiger partial charge in [0.25, 0.3) is 0 Å². The number of aliphatic hydroxyl groups is 1. The van der Waals surface area contributed by atoms with Gasteiger partial charge in [0.1, 0.15) is 0 Å². The molecule has 0 radical (unpaired) electrons. The van der Waals surface area contributed by atoms with Crippen molar-refractivity contribution in [1.82, 2.24) is 0 Å². The molecule has 62 valence electrons. The summed E-state index contributed by atoms with van der Waals surface area (Å²) in [4.78, 5) is 0. The minimum absolute atomic E-state index is 0.0882. The maximum absolute atomic E-state index is 8.91. The Kier molecular flexibility index (Phi) is 2.74. The summed E-state index contributed by atoms with van der Waals surface area (Å²) in [5, 5.41) is 9.00. The highest BCUT2D eigenvalue weighted by Crippen LogP contribution is 2.25. The standard InChI is InChI=1S/C9H13ClO/c1-6-4-9(10)7(2)3-8(6)5-11/h3-4,7,9,11H,5H2,1-2H3. The largest absolute Gasteiger partial charge is 0.392 e. The van der Waals surface area contributed by atoms with Crippen LogP contribution in [0, 0.1) is 5.92 Å². The van der Waals surface area contributed by atoms with Crippen molar-refractivity contribution in [2.24, 2.45) is 5.92 Å². The number of halogens is 1. The van der Waals surface area contributed by atoms with Gasteiger partial charge in [-0.3, -0.25) is 0 Å². The maximum atomic E-state index is 8.91. The molecule has 0 bridgehead atoms. The van der Waals surface area contributed by atoms with E-state index in [0.29, 0.717) is 5.92 Å². The van der Waals surface area contributed by atoms with Crippen LogP contribution in [-0.2, 0) is 0 Å². The first-order chi connectivity index (χ1) is 5.15. The fourth-order valence-electron chi connectivity index (χ4n) is 1.22. The molecule has 2 atom stereocenters. The summed E-state index contributed by atoms with van der Waals surface area (Å²) < 4.78 is 0. The summed E-state index contributed by atoms with van der Waals surface area (Å²) in [7, 11) is 0. The van der Waals surface area contributed by atoms with Gasteiger partial charge in [-0.25, -0.2) is 0 Å². The Morgan fingerprint density at radius 1 is 1.55 bits per heavy atom. The van der Waals surface area contributed by atoms with Crippen molar-refractivity contribution in [2.45, 2.75) is 19.2 Å². The van der Waals surface area contributed by atoms with Crippen LogP contribution in [-0.4, -0.2) is 17.1 Å². The van der Waals surface area contributed by atoms with Crippen molar-refractivity contribution in [3.63, 3.8) is 0 Å². The number of allylic oxidation sites excluding steroid dienone is 2. The average Bonchev–Trinajstić information content (AvgIpc) is 1.97. The number of hydrogen-bond donors (Lipinski definition) is 1. The fourth-order valence-corrected chi connectivity index (χ4v) is 1.48. The molecular weight excluding hydrogens is 160 g/mol. The maximum Gasteiger partial charge on any atom is 0.0681 e. The minimum Gasteiger partial charge on any atom is -0.392 e. The third-order valence-corrected chi connectivity index (χ3v) is 2.58. The lowest BCUT2D eigenvalue weighted by atomic mass is 9.92. The van der Waals surface area contributed by atoms with E-state index in [4.69, 9.17) is 16.7 Å². The van der Waals surface area contributed by atoms with Crippen LogP contribution in [0.15, 0.2) is 23.3 Å². The van der Waals surface area contributed by atoms with Gasteiger partial charge >= 0.3 is 0 Å². The van der Waals surface area contributed by atoms with Gasteiger partial charge in [0, 0.05) is 0 Å². The normalized spacial score (nSPS) is 31.3. The molecule has 0 heterocycles. The molecule has 0 aliphatic heterocycles. The summed E-state index contributed by atoms with van der Waals surface area (Å²) in [5.41, 5.74) is 2.11. The second-order valence-electron chi connectivity index (χ2n) is 3.00. The summed E-state index contributed by atoms with van der Waals surface area (Å²) >= 11 is 5.98. The molecule has 2 heteroatoms. The topological polar surface area (TPSA) is 20.2 Å². The van der Waals surface area contributed by atoms with Gasteiger partial charge in [0.15, 0.2) is 0 Å². The van der Waals surface area contributed by atoms with E-state index in [1.807, 2.05) is 19.1 Å². The number of alkyl halides is 1. The first-order valence-corrected chi connectivity index (χ1v) is 4.23. The Hall–Kier alpha value is -0.270. The van der Waals surface area contributed by atoms with E-state index in [9.17, 15) is 0 Å². The highest BCUT2D eigenvalue weighted by Gasteiger charge is 2.16. The van der Waals surface area contributed by atoms with E-state index in [2.05, 4.69) is 6.92 Å². The minimum atomic E-state index is 0.0882. The lowest BCUT2D eigenvalue weighted by Crippen LogP contribution is -2.13. The van der Waals surface area contributed by atoms with Gasteiger partial charge in [-0.2, -0.15) is 0 Å². The first-order valence-electron chi connectivity index (χ1n) is 3.79. The molecule has 2 unspecified atom stereocenters. The van der Waals surface area contributed by atoms with E-state index in [0.717, 1.165) is 11.1 Å². The van der Waals surface area contributed by atoms with Gasteiger partial charge in [0.05, 0.1) is 12.0 Å². The summed E-state index contributed by atoms with van der Waals surface area (Å²) in [6.07, 6.45) is 4.03.